The van der Waals surface area contributed by atoms with Gasteiger partial charge in [-0.05, 0) is 66.6 Å². The van der Waals surface area contributed by atoms with Crippen molar-refractivity contribution >= 4 is 23.6 Å². The number of benzene rings is 3. The Kier molecular flexibility index (Phi) is 15.1. The summed E-state index contributed by atoms with van der Waals surface area (Å²) in [7, 11) is 1.52. The normalized spacial score (nSPS) is 19.8. The molecule has 0 spiro atoms. The van der Waals surface area contributed by atoms with Crippen LogP contribution < -0.4 is 36.8 Å². The van der Waals surface area contributed by atoms with Crippen molar-refractivity contribution in [2.75, 3.05) is 31.6 Å². The number of para-hydroxylation sites is 1. The number of aromatic nitrogens is 2. The van der Waals surface area contributed by atoms with E-state index in [0.29, 0.717) is 36.4 Å². The van der Waals surface area contributed by atoms with Crippen molar-refractivity contribution in [3.63, 3.8) is 0 Å². The van der Waals surface area contributed by atoms with Gasteiger partial charge in [-0.3, -0.25) is 23.5 Å². The smallest absolute Gasteiger partial charge is 0.408 e. The maximum absolute atomic E-state index is 14.3. The Balaban J connectivity index is 1.13. The molecule has 0 aliphatic carbocycles. The third kappa shape index (κ3) is 10.9. The van der Waals surface area contributed by atoms with E-state index < -0.39 is 71.9 Å². The molecule has 0 saturated carbocycles. The van der Waals surface area contributed by atoms with E-state index in [9.17, 15) is 39.3 Å². The van der Waals surface area contributed by atoms with Crippen LogP contribution in [0.1, 0.15) is 49.6 Å². The van der Waals surface area contributed by atoms with E-state index in [4.69, 9.17) is 14.2 Å². The highest BCUT2D eigenvalue weighted by molar-refractivity contribution is 5.99. The van der Waals surface area contributed by atoms with Gasteiger partial charge in [0.05, 0.1) is 13.7 Å². The second-order valence-corrected chi connectivity index (χ2v) is 15.6. The lowest BCUT2D eigenvalue weighted by Gasteiger charge is -2.32. The molecule has 0 radical (unpaired) electrons. The maximum atomic E-state index is 14.3. The Bertz CT molecular complexity index is 2230. The van der Waals surface area contributed by atoms with Gasteiger partial charge in [-0.15, -0.1) is 0 Å². The lowest BCUT2D eigenvalue weighted by Crippen LogP contribution is -2.58. The van der Waals surface area contributed by atoms with Crippen LogP contribution in [0.15, 0.2) is 101 Å². The molecule has 3 aromatic carbocycles. The van der Waals surface area contributed by atoms with Gasteiger partial charge in [0.15, 0.2) is 6.23 Å². The Labute approximate surface area is 352 Å². The van der Waals surface area contributed by atoms with Gasteiger partial charge in [-0.2, -0.15) is 0 Å². The lowest BCUT2D eigenvalue weighted by atomic mass is 9.98. The summed E-state index contributed by atoms with van der Waals surface area (Å²) in [6, 6.07) is 22.2. The van der Waals surface area contributed by atoms with Gasteiger partial charge in [0.2, 0.25) is 11.8 Å². The number of aliphatic hydroxyl groups excluding tert-OH is 3. The predicted octanol–water partition coefficient (Wildman–Crippen LogP) is 1.44. The molecule has 6 rings (SSSR count). The molecule has 17 nitrogen and oxygen atoms in total. The average molecular weight is 843 g/mol. The van der Waals surface area contributed by atoms with Gasteiger partial charge < -0.3 is 50.4 Å². The Morgan fingerprint density at radius 1 is 0.902 bits per heavy atom. The van der Waals surface area contributed by atoms with Crippen LogP contribution in [0.5, 0.6) is 5.75 Å². The number of hydrogen-bond acceptors (Lipinski definition) is 12. The number of carbonyl (C=O) groups excluding carboxylic acids is 3. The zero-order valence-electron chi connectivity index (χ0n) is 34.4. The highest BCUT2D eigenvalue weighted by atomic mass is 16.6. The van der Waals surface area contributed by atoms with Crippen LogP contribution in [-0.2, 0) is 38.6 Å². The van der Waals surface area contributed by atoms with E-state index in [0.717, 1.165) is 32.5 Å². The first kappa shape index (κ1) is 44.7. The summed E-state index contributed by atoms with van der Waals surface area (Å²) < 4.78 is 18.4. The number of methoxy groups -OCH3 is 1. The molecule has 6 N–H and O–H groups in total. The molecule has 0 unspecified atom stereocenters. The van der Waals surface area contributed by atoms with Crippen LogP contribution >= 0.6 is 0 Å². The number of alkyl carbamates (subject to hydrolysis) is 1. The summed E-state index contributed by atoms with van der Waals surface area (Å²) >= 11 is 0. The third-order valence-corrected chi connectivity index (χ3v) is 10.8. The van der Waals surface area contributed by atoms with Crippen molar-refractivity contribution in [3.05, 3.63) is 129 Å². The maximum Gasteiger partial charge on any atom is 0.408 e. The third-order valence-electron chi connectivity index (χ3n) is 10.8. The second-order valence-electron chi connectivity index (χ2n) is 15.6. The number of nitrogens with zero attached hydrogens (tertiary/aromatic N) is 3. The van der Waals surface area contributed by atoms with E-state index in [1.165, 1.54) is 12.0 Å². The number of amides is 3. The van der Waals surface area contributed by atoms with Crippen LogP contribution in [0.25, 0.3) is 0 Å². The van der Waals surface area contributed by atoms with Crippen LogP contribution in [-0.4, -0.2) is 106 Å². The lowest BCUT2D eigenvalue weighted by molar-refractivity contribution is -0.132. The van der Waals surface area contributed by atoms with Crippen LogP contribution in [0.4, 0.5) is 10.5 Å². The Hall–Kier alpha value is -5.85. The standard InChI is InChI=1S/C44H54N6O11/c1-27(2)24-32(47-43(57)60-26-29-10-5-4-6-11-29)40(55)46-21-9-20-45-35(41(56)48-22-18-30-12-7-8-13-33(30)48)36(52)39-37(53)38(54)42(61-39)49-23-19-34(51)50(44(49)58)25-28-14-16-31(59-3)17-15-28/h4-8,10-17,19,23,27,32,35-39,42,45,52-54H,9,18,20-22,24-26H2,1-3H3,(H,46,55)(H,47,57)/t32-,35-,36+,37-,38+,39+,42+/m0/s1. The fourth-order valence-electron chi connectivity index (χ4n) is 7.55. The molecule has 3 heterocycles. The quantitative estimate of drug-likeness (QED) is 0.0784. The van der Waals surface area contributed by atoms with E-state index in [1.54, 1.807) is 36.4 Å². The first-order chi connectivity index (χ1) is 29.4. The van der Waals surface area contributed by atoms with E-state index in [2.05, 4.69) is 16.0 Å². The molecule has 2 aliphatic heterocycles. The average Bonchev–Trinajstić information content (AvgIpc) is 3.82. The van der Waals surface area contributed by atoms with Crippen molar-refractivity contribution in [1.29, 1.82) is 0 Å². The fraction of sp³-hybridized carbons (Fsp3) is 0.432. The minimum Gasteiger partial charge on any atom is -0.497 e. The molecular formula is C44H54N6O11. The zero-order chi connectivity index (χ0) is 43.6. The number of aliphatic hydroxyl groups is 3. The molecule has 1 fully saturated rings. The van der Waals surface area contributed by atoms with E-state index in [-0.39, 0.29) is 38.6 Å². The molecule has 1 saturated heterocycles. The second kappa shape index (κ2) is 20.6. The van der Waals surface area contributed by atoms with Crippen molar-refractivity contribution in [1.82, 2.24) is 25.1 Å². The summed E-state index contributed by atoms with van der Waals surface area (Å²) in [6.45, 7) is 4.38. The highest BCUT2D eigenvalue weighted by Crippen LogP contribution is 2.33. The molecule has 0 bridgehead atoms. The monoisotopic (exact) mass is 842 g/mol. The van der Waals surface area contributed by atoms with Gasteiger partial charge in [-0.25, -0.2) is 9.59 Å². The molecule has 3 amide bonds. The van der Waals surface area contributed by atoms with Gasteiger partial charge in [-0.1, -0.05) is 74.5 Å². The molecule has 326 valence electrons. The number of fused-ring (bicyclic) bond motifs is 1. The SMILES string of the molecule is COc1ccc(Cn2c(=O)ccn([C@@H]3O[C@H]([C@H](O)[C@H](NCCCNC(=O)[C@H](CC(C)C)NC(=O)OCc4ccccc4)C(=O)N4CCc5ccccc54)[C@@H](O)[C@H]3O)c2=O)cc1. The summed E-state index contributed by atoms with van der Waals surface area (Å²) in [5, 5.41) is 42.9. The van der Waals surface area contributed by atoms with Crippen molar-refractivity contribution < 1.29 is 43.9 Å². The van der Waals surface area contributed by atoms with Crippen LogP contribution in [0, 0.1) is 5.92 Å². The molecule has 61 heavy (non-hydrogen) atoms. The molecule has 17 heteroatoms. The van der Waals surface area contributed by atoms with Gasteiger partial charge >= 0.3 is 11.8 Å². The summed E-state index contributed by atoms with van der Waals surface area (Å²) in [4.78, 5) is 68.2. The molecular weight excluding hydrogens is 789 g/mol. The van der Waals surface area contributed by atoms with E-state index in [1.807, 2.05) is 56.3 Å². The summed E-state index contributed by atoms with van der Waals surface area (Å²) in [6.07, 6.45) is -6.65. The Morgan fingerprint density at radius 2 is 1.62 bits per heavy atom. The predicted molar refractivity (Wildman–Crippen MR) is 224 cm³/mol. The number of hydrogen-bond donors (Lipinski definition) is 6. The van der Waals surface area contributed by atoms with Crippen LogP contribution in [0.2, 0.25) is 0 Å². The fourth-order valence-corrected chi connectivity index (χ4v) is 7.55. The van der Waals surface area contributed by atoms with Crippen molar-refractivity contribution in [2.24, 2.45) is 5.92 Å². The number of carbonyl (C=O) groups is 3. The summed E-state index contributed by atoms with van der Waals surface area (Å²) in [5.74, 6) is -0.268. The first-order valence-electron chi connectivity index (χ1n) is 20.4. The van der Waals surface area contributed by atoms with Gasteiger partial charge in [0.1, 0.15) is 48.9 Å². The molecule has 4 aromatic rings. The van der Waals surface area contributed by atoms with Gasteiger partial charge in [0, 0.05) is 31.0 Å². The topological polar surface area (TPSA) is 223 Å². The van der Waals surface area contributed by atoms with Crippen molar-refractivity contribution in [2.45, 2.75) is 89.0 Å². The van der Waals surface area contributed by atoms with Gasteiger partial charge in [0.25, 0.3) is 5.56 Å². The van der Waals surface area contributed by atoms with Crippen LogP contribution in [0.3, 0.4) is 0 Å². The van der Waals surface area contributed by atoms with E-state index >= 15 is 0 Å². The minimum absolute atomic E-state index is 0.0457. The number of rotatable bonds is 18. The minimum atomic E-state index is -1.75. The first-order valence-corrected chi connectivity index (χ1v) is 20.4. The number of nitrogens with one attached hydrogen (secondary N) is 3. The Morgan fingerprint density at radius 3 is 2.34 bits per heavy atom. The number of ether oxygens (including phenoxy) is 3. The largest absolute Gasteiger partial charge is 0.497 e. The van der Waals surface area contributed by atoms with Crippen molar-refractivity contribution in [3.8, 4) is 5.75 Å². The summed E-state index contributed by atoms with van der Waals surface area (Å²) in [5.41, 5.74) is 1.60. The molecule has 7 atom stereocenters. The molecule has 2 aliphatic rings. The number of anilines is 1. The molecule has 1 aromatic heterocycles. The zero-order valence-corrected chi connectivity index (χ0v) is 34.4. The highest BCUT2D eigenvalue weighted by Gasteiger charge is 2.51.